The number of hydrogen-bond donors (Lipinski definition) is 1. The van der Waals surface area contributed by atoms with E-state index in [0.717, 1.165) is 19.3 Å². The number of amides is 1. The summed E-state index contributed by atoms with van der Waals surface area (Å²) in [5.41, 5.74) is 3.73. The van der Waals surface area contributed by atoms with Gasteiger partial charge in [-0.05, 0) is 67.1 Å². The highest BCUT2D eigenvalue weighted by Gasteiger charge is 2.19. The zero-order valence-electron chi connectivity index (χ0n) is 14.7. The number of carbonyl (C=O) groups is 3. The third-order valence-corrected chi connectivity index (χ3v) is 4.85. The largest absolute Gasteiger partial charge is 0.482 e. The van der Waals surface area contributed by atoms with Crippen LogP contribution in [-0.4, -0.2) is 30.9 Å². The Balaban J connectivity index is 1.41. The summed E-state index contributed by atoms with van der Waals surface area (Å²) in [6, 6.07) is 10.3. The van der Waals surface area contributed by atoms with Crippen LogP contribution in [0.15, 0.2) is 36.4 Å². The van der Waals surface area contributed by atoms with Gasteiger partial charge in [-0.25, -0.2) is 4.79 Å². The van der Waals surface area contributed by atoms with Gasteiger partial charge in [0.1, 0.15) is 5.75 Å². The number of rotatable bonds is 4. The van der Waals surface area contributed by atoms with Crippen LogP contribution in [0.5, 0.6) is 5.75 Å². The van der Waals surface area contributed by atoms with E-state index in [1.165, 1.54) is 23.6 Å². The fourth-order valence-corrected chi connectivity index (χ4v) is 3.41. The van der Waals surface area contributed by atoms with E-state index in [1.54, 1.807) is 18.2 Å². The summed E-state index contributed by atoms with van der Waals surface area (Å²) in [7, 11) is 0. The van der Waals surface area contributed by atoms with Gasteiger partial charge in [-0.1, -0.05) is 6.07 Å². The van der Waals surface area contributed by atoms with E-state index >= 15 is 0 Å². The normalized spacial score (nSPS) is 15.0. The second-order valence-electron chi connectivity index (χ2n) is 6.74. The van der Waals surface area contributed by atoms with Gasteiger partial charge in [0.2, 0.25) is 0 Å². The number of aryl methyl sites for hydroxylation is 2. The number of fused-ring (bicyclic) bond motifs is 2. The number of hydrogen-bond acceptors (Lipinski definition) is 5. The number of Topliss-reactive ketones (excluding diaryl/α,β-unsaturated/α-hetero) is 1. The molecule has 1 amide bonds. The first-order chi connectivity index (χ1) is 13.1. The van der Waals surface area contributed by atoms with Crippen LogP contribution in [-0.2, 0) is 22.4 Å². The smallest absolute Gasteiger partial charge is 0.338 e. The minimum Gasteiger partial charge on any atom is -0.482 e. The van der Waals surface area contributed by atoms with Gasteiger partial charge in [0, 0.05) is 5.56 Å². The molecule has 0 spiro atoms. The maximum atomic E-state index is 12.3. The van der Waals surface area contributed by atoms with Crippen LogP contribution in [0.25, 0.3) is 0 Å². The third-order valence-electron chi connectivity index (χ3n) is 4.85. The highest BCUT2D eigenvalue weighted by molar-refractivity contribution is 6.02. The van der Waals surface area contributed by atoms with Crippen LogP contribution in [0, 0.1) is 0 Å². The van der Waals surface area contributed by atoms with Crippen molar-refractivity contribution in [3.8, 4) is 5.75 Å². The Labute approximate surface area is 156 Å². The fourth-order valence-electron chi connectivity index (χ4n) is 3.41. The SMILES string of the molecule is O=C1COc2ccc(C(=O)COC(=O)c3ccc4c(c3)CCCC4)cc2N1. The second-order valence-corrected chi connectivity index (χ2v) is 6.74. The average Bonchev–Trinajstić information content (AvgIpc) is 2.70. The molecule has 1 aliphatic heterocycles. The monoisotopic (exact) mass is 365 g/mol. The van der Waals surface area contributed by atoms with Crippen LogP contribution < -0.4 is 10.1 Å². The zero-order chi connectivity index (χ0) is 18.8. The van der Waals surface area contributed by atoms with Crippen molar-refractivity contribution >= 4 is 23.3 Å². The molecule has 4 rings (SSSR count). The van der Waals surface area contributed by atoms with Crippen LogP contribution in [0.3, 0.4) is 0 Å². The highest BCUT2D eigenvalue weighted by atomic mass is 16.5. The van der Waals surface area contributed by atoms with Gasteiger partial charge in [0.25, 0.3) is 5.91 Å². The number of anilines is 1. The quantitative estimate of drug-likeness (QED) is 0.665. The molecule has 6 nitrogen and oxygen atoms in total. The maximum Gasteiger partial charge on any atom is 0.338 e. The molecule has 0 atom stereocenters. The summed E-state index contributed by atoms with van der Waals surface area (Å²) in [5, 5.41) is 2.65. The minimum atomic E-state index is -0.508. The molecule has 0 fully saturated rings. The Morgan fingerprint density at radius 2 is 1.78 bits per heavy atom. The van der Waals surface area contributed by atoms with Crippen molar-refractivity contribution in [1.29, 1.82) is 0 Å². The third kappa shape index (κ3) is 3.69. The Morgan fingerprint density at radius 3 is 2.63 bits per heavy atom. The standard InChI is InChI=1S/C21H19NO5/c23-18(15-7-8-19-17(10-15)22-20(24)12-26-19)11-27-21(25)16-6-5-13-3-1-2-4-14(13)9-16/h5-10H,1-4,11-12H2,(H,22,24). The number of ketones is 1. The van der Waals surface area contributed by atoms with Crippen molar-refractivity contribution < 1.29 is 23.9 Å². The Morgan fingerprint density at radius 1 is 1.00 bits per heavy atom. The lowest BCUT2D eigenvalue weighted by molar-refractivity contribution is -0.118. The summed E-state index contributed by atoms with van der Waals surface area (Å²) >= 11 is 0. The predicted molar refractivity (Wildman–Crippen MR) is 98.3 cm³/mol. The Kier molecular flexibility index (Phi) is 4.62. The summed E-state index contributed by atoms with van der Waals surface area (Å²) < 4.78 is 10.5. The molecule has 2 aliphatic rings. The number of ether oxygens (including phenoxy) is 2. The number of benzene rings is 2. The van der Waals surface area contributed by atoms with E-state index < -0.39 is 5.97 Å². The van der Waals surface area contributed by atoms with Gasteiger partial charge < -0.3 is 14.8 Å². The van der Waals surface area contributed by atoms with E-state index in [0.29, 0.717) is 22.6 Å². The molecule has 1 aliphatic carbocycles. The molecule has 2 aromatic carbocycles. The highest BCUT2D eigenvalue weighted by Crippen LogP contribution is 2.28. The molecule has 0 aromatic heterocycles. The van der Waals surface area contributed by atoms with Gasteiger partial charge >= 0.3 is 5.97 Å². The van der Waals surface area contributed by atoms with E-state index in [2.05, 4.69) is 5.32 Å². The molecule has 2 aromatic rings. The maximum absolute atomic E-state index is 12.3. The van der Waals surface area contributed by atoms with Crippen molar-refractivity contribution in [2.45, 2.75) is 25.7 Å². The van der Waals surface area contributed by atoms with Gasteiger partial charge in [0.05, 0.1) is 11.3 Å². The van der Waals surface area contributed by atoms with E-state index in [1.807, 2.05) is 12.1 Å². The van der Waals surface area contributed by atoms with E-state index in [-0.39, 0.29) is 24.9 Å². The lowest BCUT2D eigenvalue weighted by atomic mass is 9.90. The molecular weight excluding hydrogens is 346 g/mol. The molecule has 0 radical (unpaired) electrons. The molecular formula is C21H19NO5. The first kappa shape index (κ1) is 17.3. The van der Waals surface area contributed by atoms with Crippen molar-refractivity contribution in [2.75, 3.05) is 18.5 Å². The molecule has 0 saturated heterocycles. The summed E-state index contributed by atoms with van der Waals surface area (Å²) in [5.74, 6) is -0.613. The molecule has 138 valence electrons. The predicted octanol–water partition coefficient (Wildman–Crippen LogP) is 2.94. The van der Waals surface area contributed by atoms with E-state index in [4.69, 9.17) is 9.47 Å². The average molecular weight is 365 g/mol. The van der Waals surface area contributed by atoms with Gasteiger partial charge in [-0.15, -0.1) is 0 Å². The Bertz CT molecular complexity index is 934. The van der Waals surface area contributed by atoms with E-state index in [9.17, 15) is 14.4 Å². The molecule has 27 heavy (non-hydrogen) atoms. The molecule has 0 unspecified atom stereocenters. The van der Waals surface area contributed by atoms with Gasteiger partial charge in [-0.3, -0.25) is 9.59 Å². The molecule has 1 N–H and O–H groups in total. The lowest BCUT2D eigenvalue weighted by Gasteiger charge is -2.18. The first-order valence-electron chi connectivity index (χ1n) is 8.99. The van der Waals surface area contributed by atoms with Crippen LogP contribution in [0.4, 0.5) is 5.69 Å². The van der Waals surface area contributed by atoms with Crippen molar-refractivity contribution in [3.63, 3.8) is 0 Å². The summed E-state index contributed by atoms with van der Waals surface area (Å²) in [6.45, 7) is -0.401. The zero-order valence-corrected chi connectivity index (χ0v) is 14.7. The number of carbonyl (C=O) groups excluding carboxylic acids is 3. The molecule has 0 bridgehead atoms. The second kappa shape index (κ2) is 7.23. The number of nitrogens with one attached hydrogen (secondary N) is 1. The van der Waals surface area contributed by atoms with Crippen molar-refractivity contribution in [3.05, 3.63) is 58.7 Å². The van der Waals surface area contributed by atoms with Crippen LogP contribution >= 0.6 is 0 Å². The summed E-state index contributed by atoms with van der Waals surface area (Å²) in [4.78, 5) is 36.0. The van der Waals surface area contributed by atoms with Crippen molar-refractivity contribution in [2.24, 2.45) is 0 Å². The van der Waals surface area contributed by atoms with Crippen molar-refractivity contribution in [1.82, 2.24) is 0 Å². The topological polar surface area (TPSA) is 81.7 Å². The van der Waals surface area contributed by atoms with Gasteiger partial charge in [-0.2, -0.15) is 0 Å². The summed E-state index contributed by atoms with van der Waals surface area (Å²) in [6.07, 6.45) is 4.32. The number of esters is 1. The Hall–Kier alpha value is -3.15. The molecule has 6 heteroatoms. The minimum absolute atomic E-state index is 0.0430. The first-order valence-corrected chi connectivity index (χ1v) is 8.99. The van der Waals surface area contributed by atoms with Crippen LogP contribution in [0.2, 0.25) is 0 Å². The molecule has 1 heterocycles. The van der Waals surface area contributed by atoms with Crippen LogP contribution in [0.1, 0.15) is 44.7 Å². The fraction of sp³-hybridized carbons (Fsp3) is 0.286. The van der Waals surface area contributed by atoms with Gasteiger partial charge in [0.15, 0.2) is 19.0 Å². The lowest BCUT2D eigenvalue weighted by Crippen LogP contribution is -2.25. The molecule has 0 saturated carbocycles.